The monoisotopic (exact) mass is 298 g/mol. The van der Waals surface area contributed by atoms with E-state index in [-0.39, 0.29) is 10.9 Å². The Morgan fingerprint density at radius 1 is 1.30 bits per heavy atom. The number of rotatable bonds is 5. The highest BCUT2D eigenvalue weighted by Gasteiger charge is 2.20. The molecule has 1 heterocycles. The molecule has 1 saturated heterocycles. The lowest BCUT2D eigenvalue weighted by atomic mass is 10.00. The summed E-state index contributed by atoms with van der Waals surface area (Å²) in [7, 11) is -1.89. The van der Waals surface area contributed by atoms with Crippen LogP contribution in [0.4, 0.5) is 0 Å². The van der Waals surface area contributed by atoms with Crippen LogP contribution in [0, 0.1) is 0 Å². The van der Waals surface area contributed by atoms with Gasteiger partial charge in [-0.15, -0.1) is 0 Å². The van der Waals surface area contributed by atoms with Crippen molar-refractivity contribution < 1.29 is 13.2 Å². The zero-order valence-corrected chi connectivity index (χ0v) is 12.7. The molecule has 1 aliphatic rings. The Bertz CT molecular complexity index is 528. The second-order valence-electron chi connectivity index (χ2n) is 5.22. The number of benzene rings is 1. The Morgan fingerprint density at radius 3 is 2.60 bits per heavy atom. The first-order valence-electron chi connectivity index (χ1n) is 6.91. The number of piperidine rings is 1. The van der Waals surface area contributed by atoms with Gasteiger partial charge in [-0.2, -0.15) is 0 Å². The molecule has 0 amide bonds. The van der Waals surface area contributed by atoms with E-state index < -0.39 is 10.0 Å². The van der Waals surface area contributed by atoms with Crippen LogP contribution >= 0.6 is 0 Å². The molecule has 1 aromatic rings. The van der Waals surface area contributed by atoms with Crippen molar-refractivity contribution in [3.05, 3.63) is 24.3 Å². The third-order valence-corrected chi connectivity index (χ3v) is 5.04. The SMILES string of the molecule is COc1ccc(S(=O)(=O)NCC2CCCC(C)N2)cc1. The Balaban J connectivity index is 1.96. The molecule has 0 radical (unpaired) electrons. The highest BCUT2D eigenvalue weighted by atomic mass is 32.2. The Morgan fingerprint density at radius 2 is 2.00 bits per heavy atom. The fourth-order valence-corrected chi connectivity index (χ4v) is 3.53. The topological polar surface area (TPSA) is 67.4 Å². The molecule has 1 aromatic carbocycles. The fraction of sp³-hybridized carbons (Fsp3) is 0.571. The summed E-state index contributed by atoms with van der Waals surface area (Å²) < 4.78 is 32.0. The Kier molecular flexibility index (Phi) is 5.01. The lowest BCUT2D eigenvalue weighted by Gasteiger charge is -2.28. The van der Waals surface area contributed by atoms with Crippen molar-refractivity contribution in [3.63, 3.8) is 0 Å². The van der Waals surface area contributed by atoms with E-state index in [1.165, 1.54) is 0 Å². The number of ether oxygens (including phenoxy) is 1. The van der Waals surface area contributed by atoms with E-state index in [4.69, 9.17) is 4.74 Å². The van der Waals surface area contributed by atoms with Gasteiger partial charge in [0.05, 0.1) is 12.0 Å². The van der Waals surface area contributed by atoms with Gasteiger partial charge in [0.2, 0.25) is 10.0 Å². The van der Waals surface area contributed by atoms with Gasteiger partial charge in [-0.1, -0.05) is 6.42 Å². The molecule has 20 heavy (non-hydrogen) atoms. The van der Waals surface area contributed by atoms with Crippen LogP contribution in [0.15, 0.2) is 29.2 Å². The van der Waals surface area contributed by atoms with Gasteiger partial charge in [-0.05, 0) is 44.0 Å². The summed E-state index contributed by atoms with van der Waals surface area (Å²) in [5.74, 6) is 0.645. The average Bonchev–Trinajstić information content (AvgIpc) is 2.45. The molecule has 0 aliphatic carbocycles. The quantitative estimate of drug-likeness (QED) is 0.864. The second-order valence-corrected chi connectivity index (χ2v) is 6.99. The first kappa shape index (κ1) is 15.3. The molecule has 0 aromatic heterocycles. The summed E-state index contributed by atoms with van der Waals surface area (Å²) in [5.41, 5.74) is 0. The molecule has 5 nitrogen and oxygen atoms in total. The van der Waals surface area contributed by atoms with E-state index in [1.54, 1.807) is 31.4 Å². The highest BCUT2D eigenvalue weighted by Crippen LogP contribution is 2.16. The molecule has 0 bridgehead atoms. The summed E-state index contributed by atoms with van der Waals surface area (Å²) >= 11 is 0. The van der Waals surface area contributed by atoms with Gasteiger partial charge in [0.25, 0.3) is 0 Å². The molecule has 2 unspecified atom stereocenters. The predicted octanol–water partition coefficient (Wildman–Crippen LogP) is 1.50. The van der Waals surface area contributed by atoms with Crippen molar-refractivity contribution in [1.29, 1.82) is 0 Å². The number of methoxy groups -OCH3 is 1. The normalized spacial score (nSPS) is 23.5. The first-order chi connectivity index (χ1) is 9.51. The summed E-state index contributed by atoms with van der Waals surface area (Å²) in [6.45, 7) is 2.56. The van der Waals surface area contributed by atoms with Crippen LogP contribution in [0.5, 0.6) is 5.75 Å². The van der Waals surface area contributed by atoms with Gasteiger partial charge in [0.15, 0.2) is 0 Å². The molecular formula is C14H22N2O3S. The number of hydrogen-bond acceptors (Lipinski definition) is 4. The minimum Gasteiger partial charge on any atom is -0.497 e. The Labute approximate surface area is 120 Å². The summed E-state index contributed by atoms with van der Waals surface area (Å²) in [6, 6.07) is 7.08. The van der Waals surface area contributed by atoms with E-state index in [9.17, 15) is 8.42 Å². The van der Waals surface area contributed by atoms with Crippen molar-refractivity contribution in [3.8, 4) is 5.75 Å². The Hall–Kier alpha value is -1.11. The van der Waals surface area contributed by atoms with Crippen LogP contribution < -0.4 is 14.8 Å². The second kappa shape index (κ2) is 6.56. The summed E-state index contributed by atoms with van der Waals surface area (Å²) in [4.78, 5) is 0.266. The molecule has 2 atom stereocenters. The van der Waals surface area contributed by atoms with Crippen molar-refractivity contribution in [2.45, 2.75) is 43.2 Å². The number of hydrogen-bond donors (Lipinski definition) is 2. The standard InChI is InChI=1S/C14H22N2O3S/c1-11-4-3-5-12(16-11)10-15-20(17,18)14-8-6-13(19-2)7-9-14/h6-9,11-12,15-16H,3-5,10H2,1-2H3. The van der Waals surface area contributed by atoms with E-state index in [0.29, 0.717) is 18.3 Å². The van der Waals surface area contributed by atoms with Crippen molar-refractivity contribution >= 4 is 10.0 Å². The van der Waals surface area contributed by atoms with Crippen molar-refractivity contribution in [2.75, 3.05) is 13.7 Å². The third-order valence-electron chi connectivity index (χ3n) is 3.60. The van der Waals surface area contributed by atoms with Gasteiger partial charge in [-0.25, -0.2) is 13.1 Å². The molecular weight excluding hydrogens is 276 g/mol. The summed E-state index contributed by atoms with van der Waals surface area (Å²) in [5, 5.41) is 3.41. The first-order valence-corrected chi connectivity index (χ1v) is 8.39. The maximum Gasteiger partial charge on any atom is 0.240 e. The smallest absolute Gasteiger partial charge is 0.240 e. The van der Waals surface area contributed by atoms with Crippen LogP contribution in [0.2, 0.25) is 0 Å². The molecule has 1 fully saturated rings. The maximum atomic E-state index is 12.2. The van der Waals surface area contributed by atoms with Gasteiger partial charge in [0.1, 0.15) is 5.75 Å². The molecule has 0 spiro atoms. The van der Waals surface area contributed by atoms with Crippen LogP contribution in [-0.2, 0) is 10.0 Å². The van der Waals surface area contributed by atoms with Crippen LogP contribution in [0.25, 0.3) is 0 Å². The van der Waals surface area contributed by atoms with Gasteiger partial charge in [-0.3, -0.25) is 0 Å². The average molecular weight is 298 g/mol. The van der Waals surface area contributed by atoms with Crippen LogP contribution in [0.3, 0.4) is 0 Å². The molecule has 0 saturated carbocycles. The number of sulfonamides is 1. The van der Waals surface area contributed by atoms with Gasteiger partial charge >= 0.3 is 0 Å². The zero-order chi connectivity index (χ0) is 14.6. The minimum absolute atomic E-state index is 0.215. The van der Waals surface area contributed by atoms with E-state index in [0.717, 1.165) is 19.3 Å². The zero-order valence-electron chi connectivity index (χ0n) is 11.9. The van der Waals surface area contributed by atoms with Crippen LogP contribution in [-0.4, -0.2) is 34.2 Å². The van der Waals surface area contributed by atoms with E-state index in [2.05, 4.69) is 17.0 Å². The minimum atomic E-state index is -3.45. The molecule has 6 heteroatoms. The van der Waals surface area contributed by atoms with Crippen LogP contribution in [0.1, 0.15) is 26.2 Å². The number of nitrogens with one attached hydrogen (secondary N) is 2. The van der Waals surface area contributed by atoms with Crippen molar-refractivity contribution in [1.82, 2.24) is 10.0 Å². The molecule has 2 N–H and O–H groups in total. The summed E-state index contributed by atoms with van der Waals surface area (Å²) in [6.07, 6.45) is 3.31. The van der Waals surface area contributed by atoms with E-state index in [1.807, 2.05) is 0 Å². The fourth-order valence-electron chi connectivity index (χ4n) is 2.45. The molecule has 1 aliphatic heterocycles. The maximum absolute atomic E-state index is 12.2. The van der Waals surface area contributed by atoms with Gasteiger partial charge in [0, 0.05) is 18.6 Å². The lowest BCUT2D eigenvalue weighted by Crippen LogP contribution is -2.47. The predicted molar refractivity (Wildman–Crippen MR) is 78.4 cm³/mol. The largest absolute Gasteiger partial charge is 0.497 e. The van der Waals surface area contributed by atoms with E-state index >= 15 is 0 Å². The highest BCUT2D eigenvalue weighted by molar-refractivity contribution is 7.89. The van der Waals surface area contributed by atoms with Crippen molar-refractivity contribution in [2.24, 2.45) is 0 Å². The third kappa shape index (κ3) is 3.94. The molecule has 112 valence electrons. The lowest BCUT2D eigenvalue weighted by molar-refractivity contribution is 0.334. The molecule has 2 rings (SSSR count). The van der Waals surface area contributed by atoms with Gasteiger partial charge < -0.3 is 10.1 Å².